The molecule has 3 N–H and O–H groups in total. The molecular formula is C17H25N3O. The molecule has 3 rings (SSSR count). The fraction of sp³-hybridized carbons (Fsp3) is 0.588. The minimum Gasteiger partial charge on any atom is -0.409 e. The molecule has 2 saturated carbocycles. The topological polar surface area (TPSA) is 61.9 Å². The van der Waals surface area contributed by atoms with E-state index >= 15 is 0 Å². The van der Waals surface area contributed by atoms with Crippen molar-refractivity contribution in [3.8, 4) is 0 Å². The molecule has 2 fully saturated rings. The second kappa shape index (κ2) is 6.48. The summed E-state index contributed by atoms with van der Waals surface area (Å²) in [6, 6.07) is 10.2. The number of nitrogens with two attached hydrogens (primary N) is 1. The number of benzene rings is 1. The Morgan fingerprint density at radius 1 is 1.14 bits per heavy atom. The van der Waals surface area contributed by atoms with Crippen LogP contribution in [-0.2, 0) is 0 Å². The van der Waals surface area contributed by atoms with Gasteiger partial charge in [-0.15, -0.1) is 0 Å². The number of hydrogen-bond donors (Lipinski definition) is 2. The number of rotatable bonds is 8. The molecule has 1 unspecified atom stereocenters. The van der Waals surface area contributed by atoms with Gasteiger partial charge in [0.25, 0.3) is 0 Å². The molecule has 1 atom stereocenters. The molecule has 0 radical (unpaired) electrons. The van der Waals surface area contributed by atoms with E-state index in [0.717, 1.165) is 23.9 Å². The monoisotopic (exact) mass is 287 g/mol. The summed E-state index contributed by atoms with van der Waals surface area (Å²) < 4.78 is 0. The van der Waals surface area contributed by atoms with Crippen LogP contribution in [0.4, 0.5) is 0 Å². The van der Waals surface area contributed by atoms with E-state index in [4.69, 9.17) is 10.9 Å². The first-order valence-electron chi connectivity index (χ1n) is 8.01. The van der Waals surface area contributed by atoms with E-state index in [0.29, 0.717) is 5.84 Å². The number of hydrogen-bond acceptors (Lipinski definition) is 3. The predicted octanol–water partition coefficient (Wildman–Crippen LogP) is 2.64. The zero-order valence-corrected chi connectivity index (χ0v) is 12.5. The molecule has 0 saturated heterocycles. The van der Waals surface area contributed by atoms with E-state index in [-0.39, 0.29) is 5.92 Å². The molecule has 4 nitrogen and oxygen atoms in total. The summed E-state index contributed by atoms with van der Waals surface area (Å²) in [6.07, 6.45) is 5.45. The average molecular weight is 287 g/mol. The number of amidine groups is 1. The highest BCUT2D eigenvalue weighted by molar-refractivity contribution is 5.87. The smallest absolute Gasteiger partial charge is 0.147 e. The Hall–Kier alpha value is -1.55. The van der Waals surface area contributed by atoms with Crippen LogP contribution in [0.25, 0.3) is 0 Å². The molecule has 1 aromatic carbocycles. The molecule has 0 aliphatic heterocycles. The zero-order valence-electron chi connectivity index (χ0n) is 12.5. The molecule has 0 spiro atoms. The first-order valence-corrected chi connectivity index (χ1v) is 8.01. The Balaban J connectivity index is 1.71. The highest BCUT2D eigenvalue weighted by Gasteiger charge is 2.31. The third-order valence-corrected chi connectivity index (χ3v) is 4.54. The molecule has 1 aromatic rings. The summed E-state index contributed by atoms with van der Waals surface area (Å²) in [5.41, 5.74) is 7.09. The van der Waals surface area contributed by atoms with Gasteiger partial charge in [0.1, 0.15) is 5.84 Å². The lowest BCUT2D eigenvalue weighted by molar-refractivity contribution is 0.247. The van der Waals surface area contributed by atoms with Crippen molar-refractivity contribution in [2.75, 3.05) is 19.6 Å². The van der Waals surface area contributed by atoms with Crippen molar-refractivity contribution >= 4 is 5.84 Å². The maximum atomic E-state index is 9.11. The largest absolute Gasteiger partial charge is 0.409 e. The molecule has 0 amide bonds. The van der Waals surface area contributed by atoms with Crippen LogP contribution in [0.2, 0.25) is 0 Å². The second-order valence-electron chi connectivity index (χ2n) is 6.59. The second-order valence-corrected chi connectivity index (χ2v) is 6.59. The van der Waals surface area contributed by atoms with E-state index < -0.39 is 0 Å². The Morgan fingerprint density at radius 3 is 2.19 bits per heavy atom. The van der Waals surface area contributed by atoms with Gasteiger partial charge in [0.05, 0.1) is 5.92 Å². The van der Waals surface area contributed by atoms with Gasteiger partial charge in [-0.05, 0) is 43.1 Å². The summed E-state index contributed by atoms with van der Waals surface area (Å²) in [7, 11) is 0. The first kappa shape index (κ1) is 14.4. The van der Waals surface area contributed by atoms with Gasteiger partial charge >= 0.3 is 0 Å². The van der Waals surface area contributed by atoms with Gasteiger partial charge in [-0.1, -0.05) is 35.5 Å². The fourth-order valence-electron chi connectivity index (χ4n) is 2.94. The molecule has 2 aliphatic carbocycles. The normalized spacial score (nSPS) is 20.7. The Bertz CT molecular complexity index is 466. The number of nitrogens with zero attached hydrogens (tertiary/aromatic N) is 2. The molecule has 2 aliphatic rings. The Labute approximate surface area is 126 Å². The molecular weight excluding hydrogens is 262 g/mol. The van der Waals surface area contributed by atoms with Gasteiger partial charge < -0.3 is 15.8 Å². The van der Waals surface area contributed by atoms with Crippen molar-refractivity contribution in [3.05, 3.63) is 35.9 Å². The quantitative estimate of drug-likeness (QED) is 0.334. The van der Waals surface area contributed by atoms with Crippen molar-refractivity contribution in [2.24, 2.45) is 22.7 Å². The predicted molar refractivity (Wildman–Crippen MR) is 84.5 cm³/mol. The van der Waals surface area contributed by atoms with Crippen LogP contribution in [0.5, 0.6) is 0 Å². The minimum absolute atomic E-state index is 0.0197. The number of oxime groups is 1. The summed E-state index contributed by atoms with van der Waals surface area (Å²) in [6.45, 7) is 3.18. The van der Waals surface area contributed by atoms with Crippen molar-refractivity contribution < 1.29 is 5.21 Å². The highest BCUT2D eigenvalue weighted by Crippen LogP contribution is 2.34. The molecule has 0 bridgehead atoms. The molecule has 21 heavy (non-hydrogen) atoms. The zero-order chi connectivity index (χ0) is 14.7. The summed E-state index contributed by atoms with van der Waals surface area (Å²) in [5, 5.41) is 12.4. The molecule has 0 heterocycles. The van der Waals surface area contributed by atoms with E-state index in [9.17, 15) is 0 Å². The van der Waals surface area contributed by atoms with E-state index in [1.165, 1.54) is 38.8 Å². The minimum atomic E-state index is -0.0197. The summed E-state index contributed by atoms with van der Waals surface area (Å²) in [5.74, 6) is 2.03. The van der Waals surface area contributed by atoms with E-state index in [1.807, 2.05) is 18.2 Å². The van der Waals surface area contributed by atoms with Crippen LogP contribution in [0.3, 0.4) is 0 Å². The fourth-order valence-corrected chi connectivity index (χ4v) is 2.94. The summed E-state index contributed by atoms with van der Waals surface area (Å²) >= 11 is 0. The van der Waals surface area contributed by atoms with Crippen molar-refractivity contribution in [1.29, 1.82) is 0 Å². The molecule has 0 aromatic heterocycles. The maximum Gasteiger partial charge on any atom is 0.147 e. The standard InChI is InChI=1S/C17H25N3O/c18-17(19-21)16(15-4-2-1-3-5-15)12-20(10-13-6-7-13)11-14-8-9-14/h1-5,13-14,16,21H,6-12H2,(H2,18,19). The third-order valence-electron chi connectivity index (χ3n) is 4.54. The summed E-state index contributed by atoms with van der Waals surface area (Å²) in [4.78, 5) is 2.53. The van der Waals surface area contributed by atoms with Gasteiger partial charge in [-0.25, -0.2) is 0 Å². The van der Waals surface area contributed by atoms with Crippen molar-refractivity contribution in [2.45, 2.75) is 31.6 Å². The van der Waals surface area contributed by atoms with Crippen LogP contribution in [-0.4, -0.2) is 35.6 Å². The molecule has 114 valence electrons. The van der Waals surface area contributed by atoms with Gasteiger partial charge in [-0.2, -0.15) is 0 Å². The van der Waals surface area contributed by atoms with Gasteiger partial charge in [0, 0.05) is 19.6 Å². The lowest BCUT2D eigenvalue weighted by atomic mass is 9.97. The van der Waals surface area contributed by atoms with Crippen LogP contribution >= 0.6 is 0 Å². The van der Waals surface area contributed by atoms with Gasteiger partial charge in [-0.3, -0.25) is 0 Å². The van der Waals surface area contributed by atoms with Crippen molar-refractivity contribution in [3.63, 3.8) is 0 Å². The average Bonchev–Trinajstić information content (AvgIpc) is 3.41. The lowest BCUT2D eigenvalue weighted by Crippen LogP contribution is -2.37. The van der Waals surface area contributed by atoms with Crippen LogP contribution in [0.15, 0.2) is 35.5 Å². The Kier molecular flexibility index (Phi) is 4.44. The van der Waals surface area contributed by atoms with Crippen LogP contribution in [0.1, 0.15) is 37.2 Å². The van der Waals surface area contributed by atoms with Crippen molar-refractivity contribution in [1.82, 2.24) is 4.90 Å². The van der Waals surface area contributed by atoms with Crippen LogP contribution in [0, 0.1) is 11.8 Å². The third kappa shape index (κ3) is 4.21. The van der Waals surface area contributed by atoms with E-state index in [1.54, 1.807) is 0 Å². The van der Waals surface area contributed by atoms with E-state index in [2.05, 4.69) is 22.2 Å². The molecule has 4 heteroatoms. The first-order chi connectivity index (χ1) is 10.3. The van der Waals surface area contributed by atoms with Gasteiger partial charge in [0.2, 0.25) is 0 Å². The SMILES string of the molecule is NC(=NO)C(CN(CC1CC1)CC1CC1)c1ccccc1. The Morgan fingerprint density at radius 2 is 1.71 bits per heavy atom. The maximum absolute atomic E-state index is 9.11. The highest BCUT2D eigenvalue weighted by atomic mass is 16.4. The van der Waals surface area contributed by atoms with Crippen LogP contribution < -0.4 is 5.73 Å². The lowest BCUT2D eigenvalue weighted by Gasteiger charge is -2.27. The van der Waals surface area contributed by atoms with Gasteiger partial charge in [0.15, 0.2) is 0 Å².